The van der Waals surface area contributed by atoms with Crippen LogP contribution in [0, 0.1) is 13.8 Å². The predicted molar refractivity (Wildman–Crippen MR) is 88.7 cm³/mol. The molecule has 0 aliphatic heterocycles. The van der Waals surface area contributed by atoms with Crippen molar-refractivity contribution in [3.63, 3.8) is 0 Å². The Labute approximate surface area is 125 Å². The highest BCUT2D eigenvalue weighted by atomic mass is 32.1. The maximum atomic E-state index is 5.88. The zero-order valence-corrected chi connectivity index (χ0v) is 12.9. The van der Waals surface area contributed by atoms with Crippen molar-refractivity contribution < 1.29 is 0 Å². The quantitative estimate of drug-likeness (QED) is 0.873. The molecular formula is C16H19N3S. The summed E-state index contributed by atoms with van der Waals surface area (Å²) >= 11 is 5.19. The van der Waals surface area contributed by atoms with Crippen LogP contribution in [0.15, 0.2) is 36.5 Å². The van der Waals surface area contributed by atoms with Crippen molar-refractivity contribution in [3.05, 3.63) is 53.2 Å². The van der Waals surface area contributed by atoms with Crippen molar-refractivity contribution in [1.29, 1.82) is 0 Å². The van der Waals surface area contributed by atoms with Gasteiger partial charge in [-0.15, -0.1) is 0 Å². The Bertz CT molecular complexity index is 637. The van der Waals surface area contributed by atoms with E-state index in [1.807, 2.05) is 19.1 Å². The molecule has 1 aromatic carbocycles. The molecule has 2 N–H and O–H groups in total. The molecule has 0 spiro atoms. The molecule has 1 aromatic heterocycles. The SMILES string of the molecule is CCN(c1cccc(C)c1)c1nccc(C)c1C(N)=S. The summed E-state index contributed by atoms with van der Waals surface area (Å²) in [5.41, 5.74) is 10.1. The summed E-state index contributed by atoms with van der Waals surface area (Å²) in [5, 5.41) is 0. The topological polar surface area (TPSA) is 42.2 Å². The second-order valence-corrected chi connectivity index (χ2v) is 5.21. The summed E-state index contributed by atoms with van der Waals surface area (Å²) in [6.07, 6.45) is 1.80. The molecule has 0 saturated carbocycles. The van der Waals surface area contributed by atoms with Gasteiger partial charge in [0.25, 0.3) is 0 Å². The number of thiocarbonyl (C=S) groups is 1. The van der Waals surface area contributed by atoms with E-state index in [1.54, 1.807) is 6.20 Å². The van der Waals surface area contributed by atoms with Gasteiger partial charge in [0.2, 0.25) is 0 Å². The van der Waals surface area contributed by atoms with Crippen LogP contribution >= 0.6 is 12.2 Å². The molecule has 20 heavy (non-hydrogen) atoms. The molecule has 0 atom stereocenters. The first kappa shape index (κ1) is 14.5. The van der Waals surface area contributed by atoms with E-state index in [-0.39, 0.29) is 0 Å². The average molecular weight is 285 g/mol. The van der Waals surface area contributed by atoms with E-state index in [4.69, 9.17) is 18.0 Å². The molecular weight excluding hydrogens is 266 g/mol. The number of nitrogens with two attached hydrogens (primary N) is 1. The van der Waals surface area contributed by atoms with E-state index in [0.29, 0.717) is 4.99 Å². The van der Waals surface area contributed by atoms with E-state index in [2.05, 4.69) is 41.9 Å². The standard InChI is InChI=1S/C16H19N3S/c1-4-19(13-7-5-6-11(2)10-13)16-14(15(17)20)12(3)8-9-18-16/h5-10H,4H2,1-3H3,(H2,17,20). The van der Waals surface area contributed by atoms with Crippen LogP contribution in [0.3, 0.4) is 0 Å². The van der Waals surface area contributed by atoms with E-state index >= 15 is 0 Å². The van der Waals surface area contributed by atoms with Crippen molar-refractivity contribution in [1.82, 2.24) is 4.98 Å². The molecule has 0 saturated heterocycles. The van der Waals surface area contributed by atoms with Gasteiger partial charge in [-0.1, -0.05) is 24.4 Å². The number of rotatable bonds is 4. The molecule has 2 rings (SSSR count). The Kier molecular flexibility index (Phi) is 4.35. The van der Waals surface area contributed by atoms with Crippen molar-refractivity contribution in [2.75, 3.05) is 11.4 Å². The molecule has 0 bridgehead atoms. The lowest BCUT2D eigenvalue weighted by Gasteiger charge is -2.25. The Balaban J connectivity index is 2.58. The molecule has 4 heteroatoms. The number of aryl methyl sites for hydroxylation is 2. The highest BCUT2D eigenvalue weighted by Gasteiger charge is 2.16. The number of aromatic nitrogens is 1. The molecule has 0 fully saturated rings. The van der Waals surface area contributed by atoms with Gasteiger partial charge in [0.1, 0.15) is 10.8 Å². The van der Waals surface area contributed by atoms with Crippen LogP contribution < -0.4 is 10.6 Å². The molecule has 104 valence electrons. The van der Waals surface area contributed by atoms with E-state index < -0.39 is 0 Å². The third-order valence-corrected chi connectivity index (χ3v) is 3.48. The average Bonchev–Trinajstić information content (AvgIpc) is 2.39. The van der Waals surface area contributed by atoms with Crippen LogP contribution in [-0.4, -0.2) is 16.5 Å². The molecule has 0 unspecified atom stereocenters. The van der Waals surface area contributed by atoms with Crippen LogP contribution in [0.2, 0.25) is 0 Å². The lowest BCUT2D eigenvalue weighted by atomic mass is 10.1. The summed E-state index contributed by atoms with van der Waals surface area (Å²) in [6, 6.07) is 10.3. The minimum atomic E-state index is 0.386. The second-order valence-electron chi connectivity index (χ2n) is 4.77. The number of hydrogen-bond donors (Lipinski definition) is 1. The van der Waals surface area contributed by atoms with Crippen LogP contribution in [0.5, 0.6) is 0 Å². The largest absolute Gasteiger partial charge is 0.389 e. The Hall–Kier alpha value is -1.94. The minimum absolute atomic E-state index is 0.386. The van der Waals surface area contributed by atoms with Gasteiger partial charge in [0.05, 0.1) is 5.56 Å². The zero-order chi connectivity index (χ0) is 14.7. The molecule has 2 aromatic rings. The molecule has 3 nitrogen and oxygen atoms in total. The number of benzene rings is 1. The van der Waals surface area contributed by atoms with E-state index in [0.717, 1.165) is 29.2 Å². The highest BCUT2D eigenvalue weighted by molar-refractivity contribution is 7.80. The summed E-state index contributed by atoms with van der Waals surface area (Å²) < 4.78 is 0. The monoisotopic (exact) mass is 285 g/mol. The first-order valence-electron chi connectivity index (χ1n) is 6.64. The van der Waals surface area contributed by atoms with Crippen LogP contribution in [0.4, 0.5) is 11.5 Å². The van der Waals surface area contributed by atoms with Crippen LogP contribution in [0.25, 0.3) is 0 Å². The summed E-state index contributed by atoms with van der Waals surface area (Å²) in [6.45, 7) is 6.98. The minimum Gasteiger partial charge on any atom is -0.389 e. The molecule has 0 aliphatic rings. The van der Waals surface area contributed by atoms with Crippen molar-refractivity contribution in [3.8, 4) is 0 Å². The Morgan fingerprint density at radius 2 is 2.05 bits per heavy atom. The number of pyridine rings is 1. The summed E-state index contributed by atoms with van der Waals surface area (Å²) in [5.74, 6) is 0.825. The third kappa shape index (κ3) is 2.80. The normalized spacial score (nSPS) is 10.3. The molecule has 0 radical (unpaired) electrons. The van der Waals surface area contributed by atoms with E-state index in [9.17, 15) is 0 Å². The van der Waals surface area contributed by atoms with Crippen molar-refractivity contribution in [2.24, 2.45) is 5.73 Å². The summed E-state index contributed by atoms with van der Waals surface area (Å²) in [7, 11) is 0. The first-order valence-corrected chi connectivity index (χ1v) is 7.05. The van der Waals surface area contributed by atoms with Gasteiger partial charge in [-0.25, -0.2) is 4.98 Å². The van der Waals surface area contributed by atoms with Gasteiger partial charge in [-0.3, -0.25) is 0 Å². The molecule has 0 amide bonds. The number of hydrogen-bond acceptors (Lipinski definition) is 3. The Morgan fingerprint density at radius 3 is 2.65 bits per heavy atom. The van der Waals surface area contributed by atoms with Gasteiger partial charge >= 0.3 is 0 Å². The number of nitrogens with zero attached hydrogens (tertiary/aromatic N) is 2. The molecule has 1 heterocycles. The fraction of sp³-hybridized carbons (Fsp3) is 0.250. The lowest BCUT2D eigenvalue weighted by Crippen LogP contribution is -2.23. The van der Waals surface area contributed by atoms with Crippen LogP contribution in [0.1, 0.15) is 23.6 Å². The third-order valence-electron chi connectivity index (χ3n) is 3.27. The van der Waals surface area contributed by atoms with Gasteiger partial charge < -0.3 is 10.6 Å². The highest BCUT2D eigenvalue weighted by Crippen LogP contribution is 2.28. The van der Waals surface area contributed by atoms with Crippen molar-refractivity contribution >= 4 is 28.7 Å². The van der Waals surface area contributed by atoms with Crippen LogP contribution in [-0.2, 0) is 0 Å². The van der Waals surface area contributed by atoms with E-state index in [1.165, 1.54) is 5.56 Å². The van der Waals surface area contributed by atoms with Crippen molar-refractivity contribution in [2.45, 2.75) is 20.8 Å². The summed E-state index contributed by atoms with van der Waals surface area (Å²) in [4.78, 5) is 7.02. The number of anilines is 2. The predicted octanol–water partition coefficient (Wildman–Crippen LogP) is 3.49. The fourth-order valence-electron chi connectivity index (χ4n) is 2.30. The van der Waals surface area contributed by atoms with Gasteiger partial charge in [0, 0.05) is 18.4 Å². The maximum absolute atomic E-state index is 5.88. The Morgan fingerprint density at radius 1 is 1.30 bits per heavy atom. The van der Waals surface area contributed by atoms with Gasteiger partial charge in [0.15, 0.2) is 0 Å². The van der Waals surface area contributed by atoms with Gasteiger partial charge in [-0.05, 0) is 50.1 Å². The fourth-order valence-corrected chi connectivity index (χ4v) is 2.56. The first-order chi connectivity index (χ1) is 9.54. The second kappa shape index (κ2) is 6.01. The lowest BCUT2D eigenvalue weighted by molar-refractivity contribution is 0.982. The maximum Gasteiger partial charge on any atom is 0.143 e. The van der Waals surface area contributed by atoms with Gasteiger partial charge in [-0.2, -0.15) is 0 Å². The smallest absolute Gasteiger partial charge is 0.143 e. The zero-order valence-electron chi connectivity index (χ0n) is 12.1. The molecule has 0 aliphatic carbocycles.